The first-order valence-corrected chi connectivity index (χ1v) is 12.1. The van der Waals surface area contributed by atoms with Crippen molar-refractivity contribution in [3.05, 3.63) is 112 Å². The molecule has 0 radical (unpaired) electrons. The Morgan fingerprint density at radius 3 is 2.00 bits per heavy atom. The summed E-state index contributed by atoms with van der Waals surface area (Å²) in [4.78, 5) is 2.63. The zero-order chi connectivity index (χ0) is 21.4. The second kappa shape index (κ2) is 9.46. The molecule has 0 N–H and O–H groups in total. The van der Waals surface area contributed by atoms with E-state index in [0.29, 0.717) is 0 Å². The molecule has 3 aliphatic rings. The summed E-state index contributed by atoms with van der Waals surface area (Å²) in [6, 6.07) is 26.8. The van der Waals surface area contributed by atoms with Crippen molar-refractivity contribution in [3.8, 4) is 0 Å². The number of nitrogens with zero attached hydrogens (tertiary/aromatic N) is 1. The molecule has 0 amide bonds. The monoisotopic (exact) mass is 457 g/mol. The van der Waals surface area contributed by atoms with Gasteiger partial charge < -0.3 is 9.64 Å². The number of halogens is 1. The lowest BCUT2D eigenvalue weighted by molar-refractivity contribution is -0.0785. The number of likely N-dealkylation sites (tertiary alicyclic amines) is 1. The molecular weight excluding hydrogens is 426 g/mol. The Labute approximate surface area is 203 Å². The fourth-order valence-electron chi connectivity index (χ4n) is 5.96. The van der Waals surface area contributed by atoms with E-state index in [0.717, 1.165) is 58.3 Å². The predicted molar refractivity (Wildman–Crippen MR) is 138 cm³/mol. The van der Waals surface area contributed by atoms with E-state index in [1.54, 1.807) is 0 Å². The van der Waals surface area contributed by atoms with Gasteiger partial charge in [-0.25, -0.2) is 0 Å². The van der Waals surface area contributed by atoms with Gasteiger partial charge in [-0.2, -0.15) is 0 Å². The minimum Gasteiger partial charge on any atom is -0.365 e. The highest BCUT2D eigenvalue weighted by atomic mass is 35.5. The molecule has 1 saturated heterocycles. The van der Waals surface area contributed by atoms with Crippen LogP contribution in [0.2, 0.25) is 0 Å². The van der Waals surface area contributed by atoms with Crippen LogP contribution in [0.25, 0.3) is 5.57 Å². The van der Waals surface area contributed by atoms with Crippen LogP contribution in [0.15, 0.2) is 78.9 Å². The molecular formula is C30H32ClNO. The standard InChI is InChI=1S/C30H31NO.ClH/c1-4-11-26-23(8-1)15-16-24-9-2-5-12-27(24)28(26)13-7-19-31-20-17-30(18-21-31)29-14-6-3-10-25(29)22-32-30;/h1-6,8-14H,7,15-22H2;1H. The molecule has 3 aromatic carbocycles. The van der Waals surface area contributed by atoms with Gasteiger partial charge in [0.15, 0.2) is 0 Å². The highest BCUT2D eigenvalue weighted by Gasteiger charge is 2.42. The summed E-state index contributed by atoms with van der Waals surface area (Å²) in [5.41, 5.74) is 10.0. The van der Waals surface area contributed by atoms with Crippen molar-refractivity contribution in [1.29, 1.82) is 0 Å². The average Bonchev–Trinajstić information content (AvgIpc) is 3.12. The van der Waals surface area contributed by atoms with Crippen LogP contribution in [0, 0.1) is 0 Å². The highest BCUT2D eigenvalue weighted by Crippen LogP contribution is 2.44. The maximum Gasteiger partial charge on any atom is 0.0963 e. The van der Waals surface area contributed by atoms with Crippen LogP contribution in [0.1, 0.15) is 52.6 Å². The third kappa shape index (κ3) is 4.17. The second-order valence-electron chi connectivity index (χ2n) is 9.50. The van der Waals surface area contributed by atoms with Crippen LogP contribution in [-0.4, -0.2) is 24.5 Å². The van der Waals surface area contributed by atoms with Gasteiger partial charge in [-0.15, -0.1) is 12.4 Å². The van der Waals surface area contributed by atoms with Gasteiger partial charge >= 0.3 is 0 Å². The summed E-state index contributed by atoms with van der Waals surface area (Å²) in [5.74, 6) is 0. The molecule has 0 atom stereocenters. The first-order chi connectivity index (χ1) is 15.8. The predicted octanol–water partition coefficient (Wildman–Crippen LogP) is 6.55. The Hall–Kier alpha value is -2.39. The summed E-state index contributed by atoms with van der Waals surface area (Å²) >= 11 is 0. The van der Waals surface area contributed by atoms with Gasteiger partial charge in [-0.05, 0) is 71.1 Å². The number of benzene rings is 3. The number of fused-ring (bicyclic) bond motifs is 4. The van der Waals surface area contributed by atoms with E-state index in [2.05, 4.69) is 83.8 Å². The van der Waals surface area contributed by atoms with Gasteiger partial charge in [0.2, 0.25) is 0 Å². The summed E-state index contributed by atoms with van der Waals surface area (Å²) in [7, 11) is 0. The number of aryl methyl sites for hydroxylation is 2. The zero-order valence-electron chi connectivity index (χ0n) is 19.1. The zero-order valence-corrected chi connectivity index (χ0v) is 19.9. The number of hydrogen-bond acceptors (Lipinski definition) is 2. The minimum absolute atomic E-state index is 0. The van der Waals surface area contributed by atoms with Crippen LogP contribution in [0.5, 0.6) is 0 Å². The average molecular weight is 458 g/mol. The van der Waals surface area contributed by atoms with Crippen molar-refractivity contribution < 1.29 is 4.74 Å². The van der Waals surface area contributed by atoms with Gasteiger partial charge in [0.05, 0.1) is 12.2 Å². The lowest BCUT2D eigenvalue weighted by Crippen LogP contribution is -2.42. The van der Waals surface area contributed by atoms with E-state index < -0.39 is 0 Å². The van der Waals surface area contributed by atoms with Gasteiger partial charge in [0.25, 0.3) is 0 Å². The van der Waals surface area contributed by atoms with E-state index in [1.807, 2.05) is 0 Å². The number of piperidine rings is 1. The fraction of sp³-hybridized carbons (Fsp3) is 0.333. The molecule has 2 aliphatic heterocycles. The number of ether oxygens (including phenoxy) is 1. The van der Waals surface area contributed by atoms with Gasteiger partial charge in [-0.1, -0.05) is 78.9 Å². The number of hydrogen-bond donors (Lipinski definition) is 0. The first-order valence-electron chi connectivity index (χ1n) is 12.1. The number of rotatable bonds is 3. The lowest BCUT2D eigenvalue weighted by Gasteiger charge is -2.39. The quantitative estimate of drug-likeness (QED) is 0.442. The van der Waals surface area contributed by atoms with Crippen LogP contribution in [0.3, 0.4) is 0 Å². The highest BCUT2D eigenvalue weighted by molar-refractivity contribution is 5.85. The normalized spacial score (nSPS) is 18.6. The van der Waals surface area contributed by atoms with Gasteiger partial charge in [0.1, 0.15) is 0 Å². The third-order valence-corrected chi connectivity index (χ3v) is 7.75. The molecule has 1 fully saturated rings. The van der Waals surface area contributed by atoms with Crippen molar-refractivity contribution in [2.75, 3.05) is 19.6 Å². The topological polar surface area (TPSA) is 12.5 Å². The SMILES string of the molecule is C(CCN1CCC2(CC1)OCc1ccccc12)=C1c2ccccc2CCc2ccccc21.Cl. The van der Waals surface area contributed by atoms with Crippen molar-refractivity contribution in [2.24, 2.45) is 0 Å². The molecule has 33 heavy (non-hydrogen) atoms. The molecule has 1 aliphatic carbocycles. The van der Waals surface area contributed by atoms with E-state index in [4.69, 9.17) is 4.74 Å². The van der Waals surface area contributed by atoms with E-state index >= 15 is 0 Å². The molecule has 3 heteroatoms. The molecule has 0 unspecified atom stereocenters. The maximum absolute atomic E-state index is 6.35. The molecule has 2 heterocycles. The van der Waals surface area contributed by atoms with Gasteiger partial charge in [-0.3, -0.25) is 0 Å². The molecule has 170 valence electrons. The fourth-order valence-corrected chi connectivity index (χ4v) is 5.96. The summed E-state index contributed by atoms with van der Waals surface area (Å²) in [5, 5.41) is 0. The molecule has 2 nitrogen and oxygen atoms in total. The van der Waals surface area contributed by atoms with Crippen molar-refractivity contribution in [2.45, 2.75) is 44.3 Å². The van der Waals surface area contributed by atoms with Gasteiger partial charge in [0, 0.05) is 19.6 Å². The maximum atomic E-state index is 6.35. The molecule has 0 saturated carbocycles. The van der Waals surface area contributed by atoms with Crippen molar-refractivity contribution in [1.82, 2.24) is 4.90 Å². The van der Waals surface area contributed by atoms with Crippen LogP contribution >= 0.6 is 12.4 Å². The summed E-state index contributed by atoms with van der Waals surface area (Å²) in [6.45, 7) is 4.13. The molecule has 6 rings (SSSR count). The minimum atomic E-state index is -0.0370. The Morgan fingerprint density at radius 1 is 0.758 bits per heavy atom. The first kappa shape index (κ1) is 22.4. The Bertz CT molecular complexity index is 1110. The smallest absolute Gasteiger partial charge is 0.0963 e. The summed E-state index contributed by atoms with van der Waals surface area (Å²) < 4.78 is 6.35. The lowest BCUT2D eigenvalue weighted by atomic mass is 9.84. The van der Waals surface area contributed by atoms with Crippen LogP contribution < -0.4 is 0 Å². The second-order valence-corrected chi connectivity index (χ2v) is 9.50. The Balaban J connectivity index is 0.00000228. The van der Waals surface area contributed by atoms with E-state index in [1.165, 1.54) is 39.0 Å². The Kier molecular flexibility index (Phi) is 6.42. The molecule has 0 bridgehead atoms. The van der Waals surface area contributed by atoms with Crippen LogP contribution in [0.4, 0.5) is 0 Å². The third-order valence-electron chi connectivity index (χ3n) is 7.75. The molecule has 0 aromatic heterocycles. The molecule has 1 spiro atoms. The van der Waals surface area contributed by atoms with Crippen LogP contribution in [-0.2, 0) is 29.8 Å². The largest absolute Gasteiger partial charge is 0.365 e. The van der Waals surface area contributed by atoms with E-state index in [-0.39, 0.29) is 18.0 Å². The van der Waals surface area contributed by atoms with Crippen molar-refractivity contribution in [3.63, 3.8) is 0 Å². The Morgan fingerprint density at radius 2 is 1.33 bits per heavy atom. The summed E-state index contributed by atoms with van der Waals surface area (Å²) in [6.07, 6.45) is 8.04. The molecule has 3 aromatic rings. The van der Waals surface area contributed by atoms with Crippen molar-refractivity contribution >= 4 is 18.0 Å². The van der Waals surface area contributed by atoms with E-state index in [9.17, 15) is 0 Å².